The topological polar surface area (TPSA) is 54.4 Å². The second kappa shape index (κ2) is 5.98. The van der Waals surface area contributed by atoms with Crippen LogP contribution in [0.5, 0.6) is 0 Å². The van der Waals surface area contributed by atoms with Gasteiger partial charge in [-0.1, -0.05) is 36.4 Å². The van der Waals surface area contributed by atoms with Crippen LogP contribution in [0.25, 0.3) is 16.8 Å². The van der Waals surface area contributed by atoms with E-state index in [-0.39, 0.29) is 5.91 Å². The van der Waals surface area contributed by atoms with Crippen molar-refractivity contribution in [3.8, 4) is 0 Å². The summed E-state index contributed by atoms with van der Waals surface area (Å²) < 4.78 is 0. The van der Waals surface area contributed by atoms with Gasteiger partial charge in [0.2, 0.25) is 5.13 Å². The zero-order valence-corrected chi connectivity index (χ0v) is 13.5. The first kappa shape index (κ1) is 14.2. The van der Waals surface area contributed by atoms with Gasteiger partial charge in [-0.15, -0.1) is 11.3 Å². The van der Waals surface area contributed by atoms with Crippen LogP contribution < -0.4 is 5.32 Å². The maximum Gasteiger partial charge on any atom is 0.264 e. The molecule has 23 heavy (non-hydrogen) atoms. The van der Waals surface area contributed by atoms with Gasteiger partial charge in [-0.25, -0.2) is 4.98 Å². The highest BCUT2D eigenvalue weighted by molar-refractivity contribution is 8.18. The number of aliphatic imine (C=N–C) groups is 1. The zero-order valence-electron chi connectivity index (χ0n) is 11.9. The van der Waals surface area contributed by atoms with Gasteiger partial charge in [0, 0.05) is 11.6 Å². The predicted molar refractivity (Wildman–Crippen MR) is 96.9 cm³/mol. The lowest BCUT2D eigenvalue weighted by Gasteiger charge is -1.99. The fourth-order valence-corrected chi connectivity index (χ4v) is 3.68. The molecular weight excluding hydrogens is 326 g/mol. The smallest absolute Gasteiger partial charge is 0.264 e. The number of rotatable bonds is 2. The summed E-state index contributed by atoms with van der Waals surface area (Å²) in [6.45, 7) is 0. The van der Waals surface area contributed by atoms with E-state index in [1.807, 2.05) is 29.7 Å². The Morgan fingerprint density at radius 1 is 1.13 bits per heavy atom. The van der Waals surface area contributed by atoms with Gasteiger partial charge >= 0.3 is 0 Å². The van der Waals surface area contributed by atoms with Crippen molar-refractivity contribution in [1.29, 1.82) is 0 Å². The Kier molecular flexibility index (Phi) is 3.69. The van der Waals surface area contributed by atoms with E-state index in [9.17, 15) is 4.79 Å². The van der Waals surface area contributed by atoms with Crippen molar-refractivity contribution in [2.45, 2.75) is 0 Å². The third-order valence-corrected chi connectivity index (χ3v) is 4.91. The fourth-order valence-electron chi connectivity index (χ4n) is 2.29. The molecule has 0 spiro atoms. The van der Waals surface area contributed by atoms with E-state index in [0.717, 1.165) is 10.9 Å². The number of amides is 1. The van der Waals surface area contributed by atoms with Crippen molar-refractivity contribution >= 4 is 56.2 Å². The average Bonchev–Trinajstić information content (AvgIpc) is 3.18. The standard InChI is InChI=1S/C17H11N3OS2/c21-15-14(23-17(19-15)20-16-18-7-8-22-16)10-11-5-6-12-3-1-2-4-13(12)9-11/h1-10H,(H,18,19,20,21). The number of thiazole rings is 1. The SMILES string of the molecule is O=C1NC(=Nc2nccs2)SC1=Cc1ccc2ccccc2c1. The number of aromatic nitrogens is 1. The van der Waals surface area contributed by atoms with E-state index in [4.69, 9.17) is 0 Å². The van der Waals surface area contributed by atoms with Crippen molar-refractivity contribution in [3.63, 3.8) is 0 Å². The Labute approximate surface area is 141 Å². The van der Waals surface area contributed by atoms with Gasteiger partial charge in [-0.05, 0) is 40.2 Å². The molecule has 0 saturated carbocycles. The molecule has 4 rings (SSSR count). The van der Waals surface area contributed by atoms with Gasteiger partial charge in [-0.2, -0.15) is 4.99 Å². The summed E-state index contributed by atoms with van der Waals surface area (Å²) >= 11 is 2.77. The van der Waals surface area contributed by atoms with E-state index in [2.05, 4.69) is 39.6 Å². The summed E-state index contributed by atoms with van der Waals surface area (Å²) in [5.74, 6) is -0.126. The summed E-state index contributed by atoms with van der Waals surface area (Å²) in [5.41, 5.74) is 0.997. The highest BCUT2D eigenvalue weighted by Gasteiger charge is 2.24. The molecule has 1 fully saturated rings. The molecule has 4 nitrogen and oxygen atoms in total. The van der Waals surface area contributed by atoms with Gasteiger partial charge in [0.1, 0.15) is 0 Å². The zero-order chi connectivity index (χ0) is 15.6. The molecule has 0 aliphatic carbocycles. The number of amidine groups is 1. The number of hydrogen-bond donors (Lipinski definition) is 1. The molecule has 3 aromatic rings. The fraction of sp³-hybridized carbons (Fsp3) is 0. The van der Waals surface area contributed by atoms with Crippen LogP contribution in [-0.2, 0) is 4.79 Å². The number of fused-ring (bicyclic) bond motifs is 1. The first-order valence-electron chi connectivity index (χ1n) is 6.96. The number of carbonyl (C=O) groups is 1. The predicted octanol–water partition coefficient (Wildman–Crippen LogP) is 4.19. The molecule has 0 radical (unpaired) electrons. The maximum absolute atomic E-state index is 12.1. The minimum atomic E-state index is -0.126. The summed E-state index contributed by atoms with van der Waals surface area (Å²) in [6.07, 6.45) is 3.58. The quantitative estimate of drug-likeness (QED) is 0.714. The second-order valence-corrected chi connectivity index (χ2v) is 6.81. The Balaban J connectivity index is 1.63. The van der Waals surface area contributed by atoms with Crippen molar-refractivity contribution in [3.05, 3.63) is 64.5 Å². The van der Waals surface area contributed by atoms with Gasteiger partial charge < -0.3 is 5.32 Å². The molecule has 1 N–H and O–H groups in total. The van der Waals surface area contributed by atoms with Gasteiger partial charge in [0.15, 0.2) is 5.17 Å². The number of carbonyl (C=O) groups excluding carboxylic acids is 1. The third-order valence-electron chi connectivity index (χ3n) is 3.34. The summed E-state index contributed by atoms with van der Waals surface area (Å²) in [4.78, 5) is 21.1. The molecule has 1 aliphatic rings. The highest BCUT2D eigenvalue weighted by Crippen LogP contribution is 2.29. The summed E-state index contributed by atoms with van der Waals surface area (Å²) in [7, 11) is 0. The maximum atomic E-state index is 12.1. The van der Waals surface area contributed by atoms with Crippen LogP contribution in [0.2, 0.25) is 0 Å². The van der Waals surface area contributed by atoms with E-state index in [0.29, 0.717) is 15.2 Å². The van der Waals surface area contributed by atoms with Crippen LogP contribution in [0.1, 0.15) is 5.56 Å². The monoisotopic (exact) mass is 337 g/mol. The molecule has 0 bridgehead atoms. The van der Waals surface area contributed by atoms with Crippen LogP contribution in [0, 0.1) is 0 Å². The molecule has 2 aromatic carbocycles. The number of nitrogens with zero attached hydrogens (tertiary/aromatic N) is 2. The van der Waals surface area contributed by atoms with E-state index >= 15 is 0 Å². The number of hydrogen-bond acceptors (Lipinski definition) is 5. The summed E-state index contributed by atoms with van der Waals surface area (Å²) in [6, 6.07) is 14.3. The van der Waals surface area contributed by atoms with Crippen LogP contribution in [-0.4, -0.2) is 16.1 Å². The summed E-state index contributed by atoms with van der Waals surface area (Å²) in [5, 5.41) is 8.17. The van der Waals surface area contributed by atoms with Crippen LogP contribution in [0.4, 0.5) is 5.13 Å². The minimum absolute atomic E-state index is 0.126. The first-order chi connectivity index (χ1) is 11.3. The minimum Gasteiger partial charge on any atom is -0.300 e. The molecule has 112 valence electrons. The molecule has 6 heteroatoms. The molecule has 0 atom stereocenters. The van der Waals surface area contributed by atoms with Crippen molar-refractivity contribution in [2.75, 3.05) is 0 Å². The number of benzene rings is 2. The van der Waals surface area contributed by atoms with Gasteiger partial charge in [0.05, 0.1) is 4.91 Å². The molecular formula is C17H11N3OS2. The lowest BCUT2D eigenvalue weighted by molar-refractivity contribution is -0.115. The number of thioether (sulfide) groups is 1. The number of nitrogens with one attached hydrogen (secondary N) is 1. The van der Waals surface area contributed by atoms with Gasteiger partial charge in [-0.3, -0.25) is 4.79 Å². The lowest BCUT2D eigenvalue weighted by atomic mass is 10.1. The Morgan fingerprint density at radius 3 is 2.83 bits per heavy atom. The van der Waals surface area contributed by atoms with E-state index in [1.54, 1.807) is 6.20 Å². The van der Waals surface area contributed by atoms with E-state index < -0.39 is 0 Å². The lowest BCUT2D eigenvalue weighted by Crippen LogP contribution is -2.19. The van der Waals surface area contributed by atoms with Crippen molar-refractivity contribution < 1.29 is 4.79 Å². The first-order valence-corrected chi connectivity index (χ1v) is 8.65. The van der Waals surface area contributed by atoms with Crippen molar-refractivity contribution in [1.82, 2.24) is 10.3 Å². The largest absolute Gasteiger partial charge is 0.300 e. The average molecular weight is 337 g/mol. The molecule has 1 aliphatic heterocycles. The molecule has 1 aromatic heterocycles. The normalized spacial score (nSPS) is 18.0. The molecule has 2 heterocycles. The third kappa shape index (κ3) is 3.04. The van der Waals surface area contributed by atoms with Crippen molar-refractivity contribution in [2.24, 2.45) is 4.99 Å². The highest BCUT2D eigenvalue weighted by atomic mass is 32.2. The van der Waals surface area contributed by atoms with E-state index in [1.165, 1.54) is 28.5 Å². The molecule has 1 amide bonds. The second-order valence-electron chi connectivity index (χ2n) is 4.90. The Hall–Kier alpha value is -2.44. The molecule has 0 unspecified atom stereocenters. The Morgan fingerprint density at radius 2 is 2.00 bits per heavy atom. The van der Waals surface area contributed by atoms with Crippen LogP contribution in [0.15, 0.2) is 63.9 Å². The molecule has 1 saturated heterocycles. The Bertz CT molecular complexity index is 945. The van der Waals surface area contributed by atoms with Crippen LogP contribution in [0.3, 0.4) is 0 Å². The van der Waals surface area contributed by atoms with Gasteiger partial charge in [0.25, 0.3) is 5.91 Å². The van der Waals surface area contributed by atoms with Crippen LogP contribution >= 0.6 is 23.1 Å².